The Hall–Kier alpha value is -3.40. The molecule has 0 amide bonds. The number of hydrogen-bond acceptors (Lipinski definition) is 4. The van der Waals surface area contributed by atoms with Gasteiger partial charge in [-0.15, -0.1) is 0 Å². The molecule has 0 unspecified atom stereocenters. The highest BCUT2D eigenvalue weighted by Gasteiger charge is 2.38. The lowest BCUT2D eigenvalue weighted by atomic mass is 10.1. The lowest BCUT2D eigenvalue weighted by Crippen LogP contribution is -2.21. The van der Waals surface area contributed by atoms with Crippen LogP contribution in [-0.4, -0.2) is 30.7 Å². The van der Waals surface area contributed by atoms with Crippen LogP contribution in [0.3, 0.4) is 0 Å². The van der Waals surface area contributed by atoms with Gasteiger partial charge in [0, 0.05) is 28.5 Å². The summed E-state index contributed by atoms with van der Waals surface area (Å²) in [5.41, 5.74) is -0.0687. The summed E-state index contributed by atoms with van der Waals surface area (Å²) in [5, 5.41) is 7.71. The molecule has 190 valence electrons. The van der Waals surface area contributed by atoms with E-state index in [1.807, 2.05) is 4.72 Å². The lowest BCUT2D eigenvalue weighted by Gasteiger charge is -2.12. The summed E-state index contributed by atoms with van der Waals surface area (Å²) in [6, 6.07) is 7.63. The molecule has 14 heteroatoms. The van der Waals surface area contributed by atoms with Crippen molar-refractivity contribution in [2.24, 2.45) is 0 Å². The SMILES string of the molecule is Cc1c(Cl)cccc1S(=O)(=O)Nc1c(F)cc(C#Cc2cncc(Cl)c2)cc1F.O=C(O)C(F)(F)F. The molecule has 0 bridgehead atoms. The predicted octanol–water partition coefficient (Wildman–Crippen LogP) is 5.81. The van der Waals surface area contributed by atoms with E-state index in [-0.39, 0.29) is 21.0 Å². The Kier molecular flexibility index (Phi) is 9.26. The Morgan fingerprint density at radius 3 is 2.11 bits per heavy atom. The van der Waals surface area contributed by atoms with Crippen LogP contribution in [-0.2, 0) is 14.8 Å². The van der Waals surface area contributed by atoms with E-state index in [1.54, 1.807) is 6.07 Å². The van der Waals surface area contributed by atoms with Gasteiger partial charge < -0.3 is 5.11 Å². The van der Waals surface area contributed by atoms with E-state index in [2.05, 4.69) is 16.8 Å². The molecule has 0 radical (unpaired) electrons. The van der Waals surface area contributed by atoms with Gasteiger partial charge in [0.15, 0.2) is 11.6 Å². The number of nitrogens with one attached hydrogen (secondary N) is 1. The molecule has 0 fully saturated rings. The number of anilines is 1. The monoisotopic (exact) mass is 566 g/mol. The van der Waals surface area contributed by atoms with E-state index >= 15 is 0 Å². The van der Waals surface area contributed by atoms with E-state index in [0.29, 0.717) is 10.6 Å². The average Bonchev–Trinajstić information content (AvgIpc) is 2.76. The van der Waals surface area contributed by atoms with Gasteiger partial charge in [-0.3, -0.25) is 9.71 Å². The van der Waals surface area contributed by atoms with Gasteiger partial charge in [-0.2, -0.15) is 13.2 Å². The smallest absolute Gasteiger partial charge is 0.475 e. The van der Waals surface area contributed by atoms with Gasteiger partial charge in [0.2, 0.25) is 0 Å². The van der Waals surface area contributed by atoms with Crippen LogP contribution in [0.2, 0.25) is 10.0 Å². The number of benzene rings is 2. The number of nitrogens with zero attached hydrogens (tertiary/aromatic N) is 1. The van der Waals surface area contributed by atoms with Crippen LogP contribution in [0.5, 0.6) is 0 Å². The van der Waals surface area contributed by atoms with E-state index in [0.717, 1.165) is 12.1 Å². The summed E-state index contributed by atoms with van der Waals surface area (Å²) in [6.45, 7) is 1.49. The summed E-state index contributed by atoms with van der Waals surface area (Å²) in [7, 11) is -4.26. The highest BCUT2D eigenvalue weighted by Crippen LogP contribution is 2.27. The molecule has 3 aromatic rings. The van der Waals surface area contributed by atoms with Crippen molar-refractivity contribution >= 4 is 44.9 Å². The van der Waals surface area contributed by atoms with Crippen LogP contribution < -0.4 is 4.72 Å². The third kappa shape index (κ3) is 7.81. The quantitative estimate of drug-likeness (QED) is 0.308. The second-order valence-electron chi connectivity index (χ2n) is 6.73. The van der Waals surface area contributed by atoms with Crippen molar-refractivity contribution in [2.75, 3.05) is 4.72 Å². The third-order valence-corrected chi connectivity index (χ3v) is 6.19. The summed E-state index contributed by atoms with van der Waals surface area (Å²) < 4.78 is 87.6. The van der Waals surface area contributed by atoms with Crippen LogP contribution in [0, 0.1) is 30.4 Å². The minimum Gasteiger partial charge on any atom is -0.475 e. The molecular formula is C22H13Cl2F5N2O4S. The first-order chi connectivity index (χ1) is 16.6. The lowest BCUT2D eigenvalue weighted by molar-refractivity contribution is -0.192. The van der Waals surface area contributed by atoms with Crippen molar-refractivity contribution in [2.45, 2.75) is 18.0 Å². The summed E-state index contributed by atoms with van der Waals surface area (Å²) >= 11 is 11.7. The van der Waals surface area contributed by atoms with Crippen LogP contribution in [0.1, 0.15) is 16.7 Å². The number of sulfonamides is 1. The minimum absolute atomic E-state index is 0.0156. The number of carboxylic acids is 1. The Labute approximate surface area is 211 Å². The van der Waals surface area contributed by atoms with Gasteiger partial charge in [-0.1, -0.05) is 41.1 Å². The first kappa shape index (κ1) is 28.8. The van der Waals surface area contributed by atoms with E-state index in [1.165, 1.54) is 37.5 Å². The maximum atomic E-state index is 14.4. The van der Waals surface area contributed by atoms with Crippen molar-refractivity contribution < 1.29 is 40.3 Å². The van der Waals surface area contributed by atoms with Crippen molar-refractivity contribution in [3.63, 3.8) is 0 Å². The summed E-state index contributed by atoms with van der Waals surface area (Å²) in [4.78, 5) is 12.6. The van der Waals surface area contributed by atoms with E-state index in [9.17, 15) is 30.4 Å². The molecule has 2 N–H and O–H groups in total. The zero-order valence-electron chi connectivity index (χ0n) is 17.8. The van der Waals surface area contributed by atoms with Gasteiger partial charge in [-0.25, -0.2) is 22.0 Å². The van der Waals surface area contributed by atoms with E-state index < -0.39 is 39.5 Å². The fourth-order valence-electron chi connectivity index (χ4n) is 2.44. The van der Waals surface area contributed by atoms with Crippen LogP contribution in [0.4, 0.5) is 27.6 Å². The predicted molar refractivity (Wildman–Crippen MR) is 122 cm³/mol. The van der Waals surface area contributed by atoms with Gasteiger partial charge in [0.05, 0.1) is 9.92 Å². The number of aliphatic carboxylic acids is 1. The van der Waals surface area contributed by atoms with Crippen molar-refractivity contribution in [3.05, 3.63) is 87.2 Å². The Morgan fingerprint density at radius 1 is 1.03 bits per heavy atom. The molecule has 0 saturated heterocycles. The Morgan fingerprint density at radius 2 is 1.58 bits per heavy atom. The van der Waals surface area contributed by atoms with Crippen LogP contribution in [0.15, 0.2) is 53.7 Å². The van der Waals surface area contributed by atoms with Gasteiger partial charge in [0.1, 0.15) is 5.69 Å². The number of hydrogen-bond donors (Lipinski definition) is 2. The molecule has 1 heterocycles. The molecule has 0 saturated carbocycles. The zero-order valence-corrected chi connectivity index (χ0v) is 20.1. The number of halogens is 7. The zero-order chi connectivity index (χ0) is 27.3. The highest BCUT2D eigenvalue weighted by atomic mass is 35.5. The van der Waals surface area contributed by atoms with Crippen molar-refractivity contribution in [3.8, 4) is 11.8 Å². The third-order valence-electron chi connectivity index (χ3n) is 4.08. The normalized spacial score (nSPS) is 11.0. The van der Waals surface area contributed by atoms with Crippen LogP contribution in [0.25, 0.3) is 0 Å². The average molecular weight is 567 g/mol. The fraction of sp³-hybridized carbons (Fsp3) is 0.0909. The standard InChI is InChI=1S/C20H12Cl2F2N2O2S.C2HF3O2/c1-12-16(22)3-2-4-19(12)29(27,28)26-20-17(23)8-13(9-18(20)24)5-6-14-7-15(21)11-25-10-14;3-2(4,5)1(6)7/h2-4,7-11,26H,1H3;(H,6,7). The Bertz CT molecular complexity index is 1450. The second kappa shape index (κ2) is 11.6. The number of carbonyl (C=O) groups is 1. The molecule has 6 nitrogen and oxygen atoms in total. The first-order valence-corrected chi connectivity index (χ1v) is 11.6. The molecule has 0 aliphatic rings. The highest BCUT2D eigenvalue weighted by molar-refractivity contribution is 7.92. The van der Waals surface area contributed by atoms with Crippen molar-refractivity contribution in [1.82, 2.24) is 4.98 Å². The minimum atomic E-state index is -5.08. The number of aromatic nitrogens is 1. The second-order valence-corrected chi connectivity index (χ2v) is 9.22. The molecule has 1 aromatic heterocycles. The molecular weight excluding hydrogens is 554 g/mol. The first-order valence-electron chi connectivity index (χ1n) is 9.31. The van der Waals surface area contributed by atoms with Crippen molar-refractivity contribution in [1.29, 1.82) is 0 Å². The number of carboxylic acid groups (broad SMARTS) is 1. The topological polar surface area (TPSA) is 96.4 Å². The fourth-order valence-corrected chi connectivity index (χ4v) is 4.18. The number of pyridine rings is 1. The maximum absolute atomic E-state index is 14.4. The van der Waals surface area contributed by atoms with Gasteiger partial charge in [-0.05, 0) is 42.8 Å². The molecule has 3 rings (SSSR count). The molecule has 0 atom stereocenters. The number of alkyl halides is 3. The molecule has 2 aromatic carbocycles. The Balaban J connectivity index is 0.000000572. The number of rotatable bonds is 3. The van der Waals surface area contributed by atoms with E-state index in [4.69, 9.17) is 33.1 Å². The maximum Gasteiger partial charge on any atom is 0.490 e. The van der Waals surface area contributed by atoms with Crippen LogP contribution >= 0.6 is 23.2 Å². The van der Waals surface area contributed by atoms with Gasteiger partial charge in [0.25, 0.3) is 10.0 Å². The largest absolute Gasteiger partial charge is 0.490 e. The molecule has 36 heavy (non-hydrogen) atoms. The molecule has 0 aliphatic carbocycles. The molecule has 0 aliphatic heterocycles. The molecule has 0 spiro atoms. The van der Waals surface area contributed by atoms with Gasteiger partial charge >= 0.3 is 12.1 Å². The summed E-state index contributed by atoms with van der Waals surface area (Å²) in [5.74, 6) is 0.289. The summed E-state index contributed by atoms with van der Waals surface area (Å²) in [6.07, 6.45) is -2.21.